The van der Waals surface area contributed by atoms with Crippen LogP contribution >= 0.6 is 11.8 Å². The molecule has 2 aromatic rings. The number of imidazole rings is 1. The second-order valence-corrected chi connectivity index (χ2v) is 8.48. The van der Waals surface area contributed by atoms with Gasteiger partial charge in [0, 0.05) is 24.8 Å². The Morgan fingerprint density at radius 1 is 1.19 bits per heavy atom. The minimum atomic E-state index is -1.08. The maximum atomic E-state index is 13.3. The van der Waals surface area contributed by atoms with Crippen molar-refractivity contribution < 1.29 is 23.8 Å². The number of hydrogen-bond donors (Lipinski definition) is 0. The number of ether oxygens (including phenoxy) is 3. The average Bonchev–Trinajstić information content (AvgIpc) is 3.39. The van der Waals surface area contributed by atoms with Crippen LogP contribution in [0.3, 0.4) is 0 Å². The molecule has 0 aromatic carbocycles. The summed E-state index contributed by atoms with van der Waals surface area (Å²) in [5, 5.41) is 0. The lowest BCUT2D eigenvalue weighted by atomic mass is 9.84. The first-order valence-corrected chi connectivity index (χ1v) is 11.7. The van der Waals surface area contributed by atoms with Crippen molar-refractivity contribution in [1.29, 1.82) is 0 Å². The van der Waals surface area contributed by atoms with Crippen LogP contribution < -0.4 is 4.90 Å². The highest BCUT2D eigenvalue weighted by atomic mass is 32.2. The van der Waals surface area contributed by atoms with E-state index in [0.29, 0.717) is 55.6 Å². The summed E-state index contributed by atoms with van der Waals surface area (Å²) in [5.74, 6) is 0.835. The average molecular weight is 450 g/mol. The van der Waals surface area contributed by atoms with Crippen molar-refractivity contribution in [2.45, 2.75) is 25.8 Å². The summed E-state index contributed by atoms with van der Waals surface area (Å²) in [6.07, 6.45) is 3.25. The smallest absolute Gasteiger partial charge is 0.333 e. The number of esters is 2. The Morgan fingerprint density at radius 3 is 2.71 bits per heavy atom. The van der Waals surface area contributed by atoms with E-state index < -0.39 is 5.54 Å². The topological polar surface area (TPSA) is 109 Å². The summed E-state index contributed by atoms with van der Waals surface area (Å²) in [6, 6.07) is 0. The molecular formula is C20H27N5O5S. The first-order valence-electron chi connectivity index (χ1n) is 10.5. The molecular weight excluding hydrogens is 422 g/mol. The van der Waals surface area contributed by atoms with Crippen molar-refractivity contribution in [3.8, 4) is 0 Å². The van der Waals surface area contributed by atoms with E-state index in [1.165, 1.54) is 6.33 Å². The van der Waals surface area contributed by atoms with Crippen LogP contribution in [-0.2, 0) is 29.3 Å². The predicted molar refractivity (Wildman–Crippen MR) is 115 cm³/mol. The molecule has 2 aliphatic rings. The fourth-order valence-electron chi connectivity index (χ4n) is 4.23. The summed E-state index contributed by atoms with van der Waals surface area (Å²) < 4.78 is 17.9. The SMILES string of the molecule is CCOC(=O)C[C@@H]1CSC[C@]1(C(=O)OCC)n1cnc2c(N3CCOCC3)ncnc21. The molecule has 0 N–H and O–H groups in total. The number of carbonyl (C=O) groups excluding carboxylic acids is 2. The van der Waals surface area contributed by atoms with Crippen molar-refractivity contribution >= 4 is 40.7 Å². The van der Waals surface area contributed by atoms with Crippen LogP contribution in [-0.4, -0.2) is 82.5 Å². The number of morpholine rings is 1. The predicted octanol–water partition coefficient (Wildman–Crippen LogP) is 1.24. The van der Waals surface area contributed by atoms with Gasteiger partial charge in [0.1, 0.15) is 6.33 Å². The Morgan fingerprint density at radius 2 is 1.97 bits per heavy atom. The third kappa shape index (κ3) is 3.96. The van der Waals surface area contributed by atoms with Gasteiger partial charge in [-0.05, 0) is 19.6 Å². The van der Waals surface area contributed by atoms with Crippen LogP contribution in [0.5, 0.6) is 0 Å². The van der Waals surface area contributed by atoms with E-state index in [2.05, 4.69) is 19.9 Å². The third-order valence-electron chi connectivity index (χ3n) is 5.72. The summed E-state index contributed by atoms with van der Waals surface area (Å²) >= 11 is 1.61. The largest absolute Gasteiger partial charge is 0.466 e. The van der Waals surface area contributed by atoms with Crippen molar-refractivity contribution in [2.24, 2.45) is 5.92 Å². The van der Waals surface area contributed by atoms with E-state index in [0.717, 1.165) is 5.82 Å². The molecule has 11 heteroatoms. The van der Waals surface area contributed by atoms with E-state index in [4.69, 9.17) is 14.2 Å². The van der Waals surface area contributed by atoms with E-state index in [9.17, 15) is 9.59 Å². The van der Waals surface area contributed by atoms with Crippen LogP contribution in [0.1, 0.15) is 20.3 Å². The molecule has 0 amide bonds. The summed E-state index contributed by atoms with van der Waals surface area (Å²) in [4.78, 5) is 41.3. The fraction of sp³-hybridized carbons (Fsp3) is 0.650. The molecule has 2 saturated heterocycles. The Balaban J connectivity index is 1.78. The third-order valence-corrected chi connectivity index (χ3v) is 7.00. The van der Waals surface area contributed by atoms with Crippen LogP contribution in [0, 0.1) is 5.92 Å². The van der Waals surface area contributed by atoms with Crippen molar-refractivity contribution in [1.82, 2.24) is 19.5 Å². The Labute approximate surface area is 184 Å². The molecule has 0 radical (unpaired) electrons. The maximum absolute atomic E-state index is 13.3. The maximum Gasteiger partial charge on any atom is 0.333 e. The number of nitrogens with zero attached hydrogens (tertiary/aromatic N) is 5. The highest BCUT2D eigenvalue weighted by Gasteiger charge is 2.54. The normalized spacial score (nSPS) is 23.8. The molecule has 0 spiro atoms. The first kappa shape index (κ1) is 21.8. The van der Waals surface area contributed by atoms with E-state index in [1.807, 2.05) is 0 Å². The Kier molecular flexibility index (Phi) is 6.61. The molecule has 2 aromatic heterocycles. The number of hydrogen-bond acceptors (Lipinski definition) is 10. The molecule has 31 heavy (non-hydrogen) atoms. The Hall–Kier alpha value is -2.40. The molecule has 4 heterocycles. The summed E-state index contributed by atoms with van der Waals surface area (Å²) in [5.41, 5.74) is 0.0968. The minimum absolute atomic E-state index is 0.126. The number of rotatable bonds is 7. The van der Waals surface area contributed by atoms with E-state index >= 15 is 0 Å². The zero-order valence-corrected chi connectivity index (χ0v) is 18.6. The van der Waals surface area contributed by atoms with Crippen molar-refractivity contribution in [2.75, 3.05) is 55.9 Å². The monoisotopic (exact) mass is 449 g/mol. The Bertz CT molecular complexity index is 947. The van der Waals surface area contributed by atoms with Crippen molar-refractivity contribution in [3.63, 3.8) is 0 Å². The fourth-order valence-corrected chi connectivity index (χ4v) is 5.83. The van der Waals surface area contributed by atoms with Crippen LogP contribution in [0.15, 0.2) is 12.7 Å². The molecule has 2 fully saturated rings. The highest BCUT2D eigenvalue weighted by molar-refractivity contribution is 7.99. The lowest BCUT2D eigenvalue weighted by Gasteiger charge is -2.33. The van der Waals surface area contributed by atoms with Gasteiger partial charge in [-0.3, -0.25) is 9.36 Å². The van der Waals surface area contributed by atoms with Gasteiger partial charge in [0.25, 0.3) is 0 Å². The minimum Gasteiger partial charge on any atom is -0.466 e. The number of carbonyl (C=O) groups is 2. The standard InChI is InChI=1S/C20H27N5O5S/c1-3-29-15(26)9-14-10-31-11-20(14,19(27)30-4-2)25-13-23-16-17(21-12-22-18(16)25)24-5-7-28-8-6-24/h12-14H,3-11H2,1-2H3/t14-,20+/m1/s1. The van der Waals surface area contributed by atoms with Gasteiger partial charge in [-0.25, -0.2) is 19.7 Å². The lowest BCUT2D eigenvalue weighted by molar-refractivity contribution is -0.156. The number of aromatic nitrogens is 4. The molecule has 0 saturated carbocycles. The lowest BCUT2D eigenvalue weighted by Crippen LogP contribution is -2.49. The second kappa shape index (κ2) is 9.39. The van der Waals surface area contributed by atoms with Gasteiger partial charge >= 0.3 is 11.9 Å². The van der Waals surface area contributed by atoms with Gasteiger partial charge in [0.05, 0.1) is 39.2 Å². The molecule has 2 atom stereocenters. The molecule has 0 unspecified atom stereocenters. The quantitative estimate of drug-likeness (QED) is 0.573. The number of fused-ring (bicyclic) bond motifs is 1. The highest BCUT2D eigenvalue weighted by Crippen LogP contribution is 2.44. The zero-order valence-electron chi connectivity index (χ0n) is 17.8. The second-order valence-electron chi connectivity index (χ2n) is 7.45. The summed E-state index contributed by atoms with van der Waals surface area (Å²) in [7, 11) is 0. The number of anilines is 1. The zero-order chi connectivity index (χ0) is 21.8. The van der Waals surface area contributed by atoms with E-state index in [-0.39, 0.29) is 30.9 Å². The molecule has 10 nitrogen and oxygen atoms in total. The molecule has 168 valence electrons. The van der Waals surface area contributed by atoms with Crippen LogP contribution in [0.4, 0.5) is 5.82 Å². The van der Waals surface area contributed by atoms with Gasteiger partial charge in [-0.15, -0.1) is 0 Å². The first-order chi connectivity index (χ1) is 15.1. The van der Waals surface area contributed by atoms with Gasteiger partial charge in [-0.1, -0.05) is 0 Å². The molecule has 4 rings (SSSR count). The van der Waals surface area contributed by atoms with Gasteiger partial charge < -0.3 is 19.1 Å². The van der Waals surface area contributed by atoms with Gasteiger partial charge in [-0.2, -0.15) is 11.8 Å². The molecule has 2 aliphatic heterocycles. The summed E-state index contributed by atoms with van der Waals surface area (Å²) in [6.45, 7) is 6.76. The van der Waals surface area contributed by atoms with Crippen molar-refractivity contribution in [3.05, 3.63) is 12.7 Å². The molecule has 0 bridgehead atoms. The van der Waals surface area contributed by atoms with Crippen LogP contribution in [0.25, 0.3) is 11.2 Å². The van der Waals surface area contributed by atoms with Gasteiger partial charge in [0.2, 0.25) is 0 Å². The molecule has 0 aliphatic carbocycles. The van der Waals surface area contributed by atoms with Crippen LogP contribution in [0.2, 0.25) is 0 Å². The van der Waals surface area contributed by atoms with E-state index in [1.54, 1.807) is 36.5 Å². The van der Waals surface area contributed by atoms with Gasteiger partial charge in [0.15, 0.2) is 22.5 Å². The number of thioether (sulfide) groups is 1.